The van der Waals surface area contributed by atoms with Gasteiger partial charge in [-0.1, -0.05) is 97.6 Å². The number of nitrogens with one attached hydrogen (secondary N) is 1. The minimum Gasteiger partial charge on any atom is -0.501 e. The van der Waals surface area contributed by atoms with Crippen molar-refractivity contribution in [3.63, 3.8) is 0 Å². The lowest BCUT2D eigenvalue weighted by Gasteiger charge is -2.41. The van der Waals surface area contributed by atoms with E-state index in [2.05, 4.69) is 90.5 Å². The Morgan fingerprint density at radius 1 is 1.12 bits per heavy atom. The SMILES string of the molecule is C#CC.C/C=C(\CC)OC.C=C(/C=C/C=C(\C)CC(C)C(CC=N)(CCCC)CCCC)C(C)(C)N1CCOCC1.CC. The van der Waals surface area contributed by atoms with Crippen molar-refractivity contribution in [3.8, 4) is 12.3 Å². The summed E-state index contributed by atoms with van der Waals surface area (Å²) < 4.78 is 10.4. The van der Waals surface area contributed by atoms with Gasteiger partial charge < -0.3 is 14.9 Å². The molecule has 1 saturated heterocycles. The van der Waals surface area contributed by atoms with E-state index in [1.165, 1.54) is 44.1 Å². The molecule has 0 bridgehead atoms. The lowest BCUT2D eigenvalue weighted by molar-refractivity contribution is 0.00254. The van der Waals surface area contributed by atoms with Gasteiger partial charge in [-0.3, -0.25) is 4.90 Å². The molecule has 0 spiro atoms. The summed E-state index contributed by atoms with van der Waals surface area (Å²) in [7, 11) is 1.69. The standard InChI is InChI=1S/C28H50N2O.C6H12O.C3H4.C2H6/c1-8-10-15-28(17-18-29,16-11-9-2)26(5)23-24(3)13-12-14-25(4)27(6,7)30-19-21-31-22-20-30;1-4-6(5-2)7-3;1-3-2;1-2/h12-14,18,26,29H,4,8-11,15-17,19-23H2,1-3,5-7H3;4H,5H2,1-3H3;1H,2H3;1-2H3/b14-12+,24-13+,29-18?;6-4+;;. The van der Waals surface area contributed by atoms with Crippen LogP contribution in [0.1, 0.15) is 134 Å². The molecule has 1 atom stereocenters. The van der Waals surface area contributed by atoms with Crippen LogP contribution in [-0.4, -0.2) is 50.1 Å². The van der Waals surface area contributed by atoms with E-state index < -0.39 is 0 Å². The molecule has 0 aromatic heterocycles. The van der Waals surface area contributed by atoms with Crippen molar-refractivity contribution in [2.75, 3.05) is 33.4 Å². The molecular formula is C39H72N2O2. The van der Waals surface area contributed by atoms with Gasteiger partial charge >= 0.3 is 0 Å². The Kier molecular flexibility index (Phi) is 30.2. The normalized spacial score (nSPS) is 15.0. The highest BCUT2D eigenvalue weighted by atomic mass is 16.5. The number of rotatable bonds is 17. The molecule has 4 heteroatoms. The number of methoxy groups -OCH3 is 1. The second-order valence-corrected chi connectivity index (χ2v) is 11.7. The van der Waals surface area contributed by atoms with E-state index in [1.54, 1.807) is 20.2 Å². The molecule has 1 aliphatic heterocycles. The summed E-state index contributed by atoms with van der Waals surface area (Å²) in [6.07, 6.45) is 25.4. The summed E-state index contributed by atoms with van der Waals surface area (Å²) in [5.41, 5.74) is 2.79. The fourth-order valence-corrected chi connectivity index (χ4v) is 5.38. The Hall–Kier alpha value is -2.09. The van der Waals surface area contributed by atoms with Crippen LogP contribution in [0.4, 0.5) is 0 Å². The van der Waals surface area contributed by atoms with Gasteiger partial charge in [-0.15, -0.1) is 12.3 Å². The number of allylic oxidation sites excluding steroid dienone is 5. The third-order valence-corrected chi connectivity index (χ3v) is 8.44. The smallest absolute Gasteiger partial charge is 0.0910 e. The number of hydrogen-bond acceptors (Lipinski definition) is 4. The average Bonchev–Trinajstić information content (AvgIpc) is 3.01. The quantitative estimate of drug-likeness (QED) is 0.0781. The molecule has 1 fully saturated rings. The van der Waals surface area contributed by atoms with Crippen LogP contribution in [-0.2, 0) is 9.47 Å². The van der Waals surface area contributed by atoms with Crippen LogP contribution < -0.4 is 0 Å². The van der Waals surface area contributed by atoms with E-state index >= 15 is 0 Å². The predicted octanol–water partition coefficient (Wildman–Crippen LogP) is 11.2. The van der Waals surface area contributed by atoms with Gasteiger partial charge in [0.2, 0.25) is 0 Å². The maximum atomic E-state index is 7.83. The Bertz CT molecular complexity index is 809. The third-order valence-electron chi connectivity index (χ3n) is 8.44. The largest absolute Gasteiger partial charge is 0.501 e. The van der Waals surface area contributed by atoms with Gasteiger partial charge in [-0.05, 0) is 89.5 Å². The van der Waals surface area contributed by atoms with Crippen LogP contribution in [0.3, 0.4) is 0 Å². The van der Waals surface area contributed by atoms with Gasteiger partial charge in [0.15, 0.2) is 0 Å². The number of morpholine rings is 1. The minimum atomic E-state index is -0.0469. The third kappa shape index (κ3) is 19.7. The van der Waals surface area contributed by atoms with Crippen LogP contribution in [0.5, 0.6) is 0 Å². The molecule has 0 aromatic rings. The van der Waals surface area contributed by atoms with Crippen molar-refractivity contribution >= 4 is 6.21 Å². The van der Waals surface area contributed by atoms with E-state index in [9.17, 15) is 0 Å². The molecule has 1 N–H and O–H groups in total. The molecule has 0 saturated carbocycles. The van der Waals surface area contributed by atoms with Gasteiger partial charge in [-0.25, -0.2) is 0 Å². The van der Waals surface area contributed by atoms with Gasteiger partial charge in [0, 0.05) is 25.0 Å². The van der Waals surface area contributed by atoms with Crippen molar-refractivity contribution in [1.29, 1.82) is 5.41 Å². The minimum absolute atomic E-state index is 0.0469. The fraction of sp³-hybridized carbons (Fsp3) is 0.718. The van der Waals surface area contributed by atoms with Crippen molar-refractivity contribution in [2.24, 2.45) is 11.3 Å². The number of unbranched alkanes of at least 4 members (excludes halogenated alkanes) is 2. The summed E-state index contributed by atoms with van der Waals surface area (Å²) in [5, 5.41) is 7.83. The molecule has 0 radical (unpaired) electrons. The summed E-state index contributed by atoms with van der Waals surface area (Å²) in [5.74, 6) is 3.89. The van der Waals surface area contributed by atoms with Gasteiger partial charge in [0.25, 0.3) is 0 Å². The topological polar surface area (TPSA) is 45.5 Å². The summed E-state index contributed by atoms with van der Waals surface area (Å²) in [6, 6.07) is 0. The van der Waals surface area contributed by atoms with Gasteiger partial charge in [0.1, 0.15) is 0 Å². The van der Waals surface area contributed by atoms with Crippen molar-refractivity contribution in [3.05, 3.63) is 47.8 Å². The highest BCUT2D eigenvalue weighted by Gasteiger charge is 2.34. The summed E-state index contributed by atoms with van der Waals surface area (Å²) >= 11 is 0. The molecule has 4 nitrogen and oxygen atoms in total. The van der Waals surface area contributed by atoms with E-state index in [0.717, 1.165) is 56.9 Å². The second-order valence-electron chi connectivity index (χ2n) is 11.7. The summed E-state index contributed by atoms with van der Waals surface area (Å²) in [6.45, 7) is 31.4. The molecule has 0 aliphatic carbocycles. The first-order chi connectivity index (χ1) is 20.5. The molecule has 1 unspecified atom stereocenters. The highest BCUT2D eigenvalue weighted by molar-refractivity contribution is 5.54. The van der Waals surface area contributed by atoms with E-state index in [0.29, 0.717) is 5.92 Å². The number of ether oxygens (including phenoxy) is 2. The van der Waals surface area contributed by atoms with Crippen LogP contribution in [0.25, 0.3) is 0 Å². The maximum Gasteiger partial charge on any atom is 0.0910 e. The van der Waals surface area contributed by atoms with Crippen LogP contribution in [0.2, 0.25) is 0 Å². The lowest BCUT2D eigenvalue weighted by Crippen LogP contribution is -2.50. The molecule has 0 amide bonds. The number of terminal acetylenes is 1. The predicted molar refractivity (Wildman–Crippen MR) is 194 cm³/mol. The first kappa shape index (κ1) is 45.3. The first-order valence-corrected chi connectivity index (χ1v) is 16.9. The monoisotopic (exact) mass is 601 g/mol. The zero-order valence-corrected chi connectivity index (χ0v) is 30.7. The summed E-state index contributed by atoms with van der Waals surface area (Å²) in [4.78, 5) is 2.47. The van der Waals surface area contributed by atoms with Crippen LogP contribution in [0.15, 0.2) is 47.8 Å². The highest BCUT2D eigenvalue weighted by Crippen LogP contribution is 2.44. The molecule has 250 valence electrons. The Balaban J connectivity index is -0.00000113. The number of hydrogen-bond donors (Lipinski definition) is 1. The molecule has 43 heavy (non-hydrogen) atoms. The fourth-order valence-electron chi connectivity index (χ4n) is 5.38. The van der Waals surface area contributed by atoms with Crippen molar-refractivity contribution < 1.29 is 9.47 Å². The van der Waals surface area contributed by atoms with Crippen LogP contribution >= 0.6 is 0 Å². The molecule has 0 aromatic carbocycles. The van der Waals surface area contributed by atoms with Gasteiger partial charge in [-0.2, -0.15) is 0 Å². The van der Waals surface area contributed by atoms with E-state index in [-0.39, 0.29) is 11.0 Å². The Morgan fingerprint density at radius 3 is 2.00 bits per heavy atom. The second kappa shape index (κ2) is 28.7. The van der Waals surface area contributed by atoms with Crippen molar-refractivity contribution in [2.45, 2.75) is 139 Å². The van der Waals surface area contributed by atoms with Crippen LogP contribution in [0, 0.1) is 29.1 Å². The Morgan fingerprint density at radius 2 is 1.63 bits per heavy atom. The zero-order valence-electron chi connectivity index (χ0n) is 30.7. The first-order valence-electron chi connectivity index (χ1n) is 16.9. The van der Waals surface area contributed by atoms with E-state index in [4.69, 9.17) is 14.9 Å². The molecule has 1 rings (SSSR count). The molecular weight excluding hydrogens is 528 g/mol. The maximum absolute atomic E-state index is 7.83. The zero-order chi connectivity index (χ0) is 33.7. The Labute approximate surface area is 270 Å². The van der Waals surface area contributed by atoms with E-state index in [1.807, 2.05) is 26.8 Å². The lowest BCUT2D eigenvalue weighted by atomic mass is 9.65. The molecule has 1 heterocycles. The van der Waals surface area contributed by atoms with Gasteiger partial charge in [0.05, 0.1) is 26.1 Å². The van der Waals surface area contributed by atoms with Crippen molar-refractivity contribution in [1.82, 2.24) is 4.90 Å². The molecule has 1 aliphatic rings. The average molecular weight is 601 g/mol. The number of nitrogens with zero attached hydrogens (tertiary/aromatic N) is 1.